The van der Waals surface area contributed by atoms with Gasteiger partial charge in [-0.25, -0.2) is 9.36 Å². The molecule has 0 aliphatic carbocycles. The summed E-state index contributed by atoms with van der Waals surface area (Å²) in [4.78, 5) is 68.1. The predicted molar refractivity (Wildman–Crippen MR) is 304 cm³/mol. The largest absolute Gasteiger partial charge is 0.494 e. The molecule has 4 aromatic carbocycles. The number of methoxy groups -OCH3 is 2. The Morgan fingerprint density at radius 1 is 0.595 bits per heavy atom. The van der Waals surface area contributed by atoms with Gasteiger partial charge in [0.15, 0.2) is 11.4 Å². The molecule has 2 unspecified atom stereocenters. The van der Waals surface area contributed by atoms with Gasteiger partial charge in [-0.15, -0.1) is 0 Å². The molecule has 79 heavy (non-hydrogen) atoms. The smallest absolute Gasteiger partial charge is 0.302 e. The van der Waals surface area contributed by atoms with E-state index in [1.54, 1.807) is 70.0 Å². The number of aromatic nitrogens is 6. The van der Waals surface area contributed by atoms with Crippen molar-refractivity contribution in [2.45, 2.75) is 71.6 Å². The number of para-hydroxylation sites is 4. The summed E-state index contributed by atoms with van der Waals surface area (Å²) in [5, 5.41) is 20.1. The van der Waals surface area contributed by atoms with Crippen LogP contribution >= 0.6 is 46.4 Å². The number of fused-ring (bicyclic) bond motifs is 2. The number of ether oxygens (including phenoxy) is 3. The molecule has 8 aromatic rings. The maximum atomic E-state index is 14.2. The topological polar surface area (TPSA) is 185 Å². The van der Waals surface area contributed by atoms with Crippen LogP contribution in [0.5, 0.6) is 11.5 Å². The van der Waals surface area contributed by atoms with Crippen molar-refractivity contribution in [1.82, 2.24) is 28.7 Å². The van der Waals surface area contributed by atoms with Gasteiger partial charge >= 0.3 is 5.97 Å². The molecular weight excluding hydrogens is 1090 g/mol. The fourth-order valence-corrected chi connectivity index (χ4v) is 10.9. The van der Waals surface area contributed by atoms with Crippen LogP contribution in [0.1, 0.15) is 113 Å². The Kier molecular flexibility index (Phi) is 16.6. The first-order valence-corrected chi connectivity index (χ1v) is 26.6. The summed E-state index contributed by atoms with van der Waals surface area (Å²) in [5.41, 5.74) is 6.76. The molecule has 4 aromatic heterocycles. The van der Waals surface area contributed by atoms with Gasteiger partial charge in [0.1, 0.15) is 39.5 Å². The van der Waals surface area contributed by atoms with Gasteiger partial charge in [-0.3, -0.25) is 33.8 Å². The Bertz CT molecular complexity index is 3760. The van der Waals surface area contributed by atoms with E-state index in [-0.39, 0.29) is 65.7 Å². The third-order valence-electron chi connectivity index (χ3n) is 13.5. The summed E-state index contributed by atoms with van der Waals surface area (Å²) in [6.45, 7) is 9.32. The van der Waals surface area contributed by atoms with E-state index in [1.807, 2.05) is 100 Å². The molecule has 0 saturated carbocycles. The maximum Gasteiger partial charge on any atom is 0.302 e. The standard InChI is InChI=1S/C30H28Cl2N4O5.C28H26Cl2N4O4/c1-17(2)27-25-26(33-36(27)23-7-5-6-8-24(23)40-4)30(39)35(28(25)19-9-11-20(31)12-10-19)21-15-22(32)29(38)34(16-21)13-14-41-18(3)37;1-16(2)25-23-24(31-34(25)21-6-4-5-7-22(21)38-3)28(37)33(26(23)17-8-10-18(29)11-9-17)19-14-20(30)27(36)32(15-19)12-13-35/h5-12,15-17,28H,13-14H2,1-4H3;4-11,14-16,26,35H,12-13H2,1-3H3. The van der Waals surface area contributed by atoms with E-state index in [4.69, 9.17) is 70.8 Å². The highest BCUT2D eigenvalue weighted by molar-refractivity contribution is 6.31. The SMILES string of the molecule is COc1ccccc1-n1nc2c(c1C(C)C)C(c1ccc(Cl)cc1)N(c1cc(Cl)c(=O)n(CCO)c1)C2=O.COc1ccccc1-n1nc2c(c1C(C)C)C(c1ccc(Cl)cc1)N(c1cc(Cl)c(=O)n(CCOC(C)=O)c1)C2=O. The van der Waals surface area contributed by atoms with Gasteiger partial charge in [0.05, 0.1) is 62.2 Å². The third kappa shape index (κ3) is 10.7. The summed E-state index contributed by atoms with van der Waals surface area (Å²) in [6, 6.07) is 31.4. The van der Waals surface area contributed by atoms with Crippen molar-refractivity contribution in [3.05, 3.63) is 207 Å². The zero-order valence-electron chi connectivity index (χ0n) is 44.0. The molecular formula is C58H54Cl4N8O9. The number of nitrogens with zero attached hydrogens (tertiary/aromatic N) is 8. The van der Waals surface area contributed by atoms with E-state index in [9.17, 15) is 29.1 Å². The minimum atomic E-state index is -0.592. The Morgan fingerprint density at radius 3 is 1.35 bits per heavy atom. The van der Waals surface area contributed by atoms with E-state index in [2.05, 4.69) is 0 Å². The number of rotatable bonds is 15. The molecule has 0 saturated heterocycles. The molecule has 21 heteroatoms. The van der Waals surface area contributed by atoms with E-state index in [1.165, 1.54) is 28.2 Å². The molecule has 2 aliphatic heterocycles. The van der Waals surface area contributed by atoms with Gasteiger partial charge in [-0.2, -0.15) is 10.2 Å². The minimum Gasteiger partial charge on any atom is -0.494 e. The summed E-state index contributed by atoms with van der Waals surface area (Å²) in [7, 11) is 3.19. The third-order valence-corrected chi connectivity index (χ3v) is 14.6. The van der Waals surface area contributed by atoms with E-state index in [0.29, 0.717) is 44.3 Å². The number of hydrogen-bond donors (Lipinski definition) is 1. The van der Waals surface area contributed by atoms with Crippen molar-refractivity contribution in [2.24, 2.45) is 0 Å². The minimum absolute atomic E-state index is 0.00866. The number of aliphatic hydroxyl groups excluding tert-OH is 1. The maximum absolute atomic E-state index is 14.2. The molecule has 2 aliphatic rings. The van der Waals surface area contributed by atoms with Gasteiger partial charge in [-0.1, -0.05) is 123 Å². The summed E-state index contributed by atoms with van der Waals surface area (Å²) >= 11 is 25.1. The normalized spacial score (nSPS) is 14.7. The van der Waals surface area contributed by atoms with Crippen molar-refractivity contribution in [2.75, 3.05) is 37.2 Å². The van der Waals surface area contributed by atoms with Crippen molar-refractivity contribution in [3.8, 4) is 22.9 Å². The first-order chi connectivity index (χ1) is 37.9. The predicted octanol–water partition coefficient (Wildman–Crippen LogP) is 11.0. The van der Waals surface area contributed by atoms with Crippen molar-refractivity contribution < 1.29 is 33.7 Å². The fourth-order valence-electron chi connectivity index (χ4n) is 10.2. The Balaban J connectivity index is 0.000000192. The van der Waals surface area contributed by atoms with Gasteiger partial charge in [0, 0.05) is 47.0 Å². The lowest BCUT2D eigenvalue weighted by molar-refractivity contribution is -0.141. The number of carbonyl (C=O) groups excluding carboxylic acids is 3. The van der Waals surface area contributed by atoms with Crippen LogP contribution in [0.3, 0.4) is 0 Å². The van der Waals surface area contributed by atoms with Gasteiger partial charge in [-0.05, 0) is 83.6 Å². The first-order valence-electron chi connectivity index (χ1n) is 25.1. The van der Waals surface area contributed by atoms with Crippen LogP contribution in [-0.4, -0.2) is 79.0 Å². The molecule has 2 amide bonds. The zero-order valence-corrected chi connectivity index (χ0v) is 47.0. The lowest BCUT2D eigenvalue weighted by Gasteiger charge is -2.28. The number of hydrogen-bond acceptors (Lipinski definition) is 11. The molecule has 0 bridgehead atoms. The fraction of sp³-hybridized carbons (Fsp3) is 0.259. The van der Waals surface area contributed by atoms with Crippen LogP contribution in [0, 0.1) is 0 Å². The molecule has 408 valence electrons. The highest BCUT2D eigenvalue weighted by atomic mass is 35.5. The Labute approximate surface area is 474 Å². The van der Waals surface area contributed by atoms with Crippen molar-refractivity contribution >= 4 is 75.6 Å². The number of carbonyl (C=O) groups is 3. The van der Waals surface area contributed by atoms with Crippen LogP contribution < -0.4 is 30.4 Å². The van der Waals surface area contributed by atoms with E-state index in [0.717, 1.165) is 39.3 Å². The molecule has 0 fully saturated rings. The molecule has 17 nitrogen and oxygen atoms in total. The number of pyridine rings is 2. The number of halogens is 4. The number of benzene rings is 4. The summed E-state index contributed by atoms with van der Waals surface area (Å²) in [5.74, 6) is 0.0693. The number of anilines is 2. The number of amides is 2. The Hall–Kier alpha value is -7.67. The second-order valence-electron chi connectivity index (χ2n) is 19.2. The molecule has 0 radical (unpaired) electrons. The highest BCUT2D eigenvalue weighted by Crippen LogP contribution is 2.48. The number of esters is 1. The van der Waals surface area contributed by atoms with Crippen LogP contribution in [0.15, 0.2) is 131 Å². The quantitative estimate of drug-likeness (QED) is 0.0963. The van der Waals surface area contributed by atoms with Gasteiger partial charge < -0.3 is 28.5 Å². The zero-order chi connectivity index (χ0) is 56.6. The van der Waals surface area contributed by atoms with Gasteiger partial charge in [0.2, 0.25) is 0 Å². The number of aliphatic hydroxyl groups is 1. The lowest BCUT2D eigenvalue weighted by Crippen LogP contribution is -2.32. The Morgan fingerprint density at radius 2 is 0.987 bits per heavy atom. The molecule has 0 spiro atoms. The van der Waals surface area contributed by atoms with Crippen LogP contribution in [0.25, 0.3) is 11.4 Å². The monoisotopic (exact) mass is 1150 g/mol. The first kappa shape index (κ1) is 56.1. The average molecular weight is 1150 g/mol. The highest BCUT2D eigenvalue weighted by Gasteiger charge is 2.47. The summed E-state index contributed by atoms with van der Waals surface area (Å²) in [6.07, 6.45) is 3.09. The molecule has 2 atom stereocenters. The van der Waals surface area contributed by atoms with Crippen LogP contribution in [0.2, 0.25) is 20.1 Å². The lowest BCUT2D eigenvalue weighted by atomic mass is 9.94. The second-order valence-corrected chi connectivity index (χ2v) is 20.9. The summed E-state index contributed by atoms with van der Waals surface area (Å²) < 4.78 is 22.4. The molecule has 10 rings (SSSR count). The van der Waals surface area contributed by atoms with Crippen molar-refractivity contribution in [1.29, 1.82) is 0 Å². The van der Waals surface area contributed by atoms with Crippen LogP contribution in [0.4, 0.5) is 11.4 Å². The van der Waals surface area contributed by atoms with Gasteiger partial charge in [0.25, 0.3) is 22.9 Å². The average Bonchev–Trinajstić information content (AvgIpc) is 4.25. The van der Waals surface area contributed by atoms with E-state index < -0.39 is 29.2 Å². The second kappa shape index (κ2) is 23.3. The van der Waals surface area contributed by atoms with E-state index >= 15 is 0 Å². The molecule has 1 N–H and O–H groups in total. The van der Waals surface area contributed by atoms with Crippen molar-refractivity contribution in [3.63, 3.8) is 0 Å². The van der Waals surface area contributed by atoms with Crippen LogP contribution in [-0.2, 0) is 22.6 Å². The molecule has 6 heterocycles.